The molecule has 0 unspecified atom stereocenters. The summed E-state index contributed by atoms with van der Waals surface area (Å²) in [5, 5.41) is 2.91. The second-order valence-corrected chi connectivity index (χ2v) is 10.1. The number of nitrogens with zero attached hydrogens (tertiary/aromatic N) is 1. The van der Waals surface area contributed by atoms with E-state index >= 15 is 0 Å². The first-order valence-corrected chi connectivity index (χ1v) is 13.6. The Morgan fingerprint density at radius 2 is 1.60 bits per heavy atom. The third kappa shape index (κ3) is 6.80. The topological polar surface area (TPSA) is 94.2 Å². The Morgan fingerprint density at radius 3 is 2.30 bits per heavy atom. The number of anilines is 1. The fourth-order valence-electron chi connectivity index (χ4n) is 4.23. The van der Waals surface area contributed by atoms with Crippen LogP contribution in [0.5, 0.6) is 17.2 Å². The summed E-state index contributed by atoms with van der Waals surface area (Å²) in [6.07, 6.45) is 1.29. The van der Waals surface area contributed by atoms with E-state index in [0.717, 1.165) is 10.5 Å². The summed E-state index contributed by atoms with van der Waals surface area (Å²) in [5.74, 6) is -1.28. The molecule has 0 aliphatic carbocycles. The van der Waals surface area contributed by atoms with Gasteiger partial charge < -0.3 is 14.2 Å². The van der Waals surface area contributed by atoms with Crippen molar-refractivity contribution in [1.82, 2.24) is 5.32 Å². The molecule has 5 rings (SSSR count). The van der Waals surface area contributed by atoms with Gasteiger partial charge in [-0.15, -0.1) is 0 Å². The number of benzene rings is 4. The molecule has 1 heterocycles. The van der Waals surface area contributed by atoms with E-state index in [1.54, 1.807) is 42.5 Å². The largest absolute Gasteiger partial charge is 0.493 e. The summed E-state index contributed by atoms with van der Waals surface area (Å²) < 4.78 is 30.9. The first-order valence-electron chi connectivity index (χ1n) is 12.9. The van der Waals surface area contributed by atoms with Crippen molar-refractivity contribution in [2.45, 2.75) is 13.2 Å². The normalized spacial score (nSPS) is 14.1. The minimum absolute atomic E-state index is 0.105. The molecule has 0 atom stereocenters. The third-order valence-corrected chi connectivity index (χ3v) is 6.94. The molecule has 1 N–H and O–H groups in total. The summed E-state index contributed by atoms with van der Waals surface area (Å²) in [7, 11) is 1.39. The molecule has 1 fully saturated rings. The molecule has 0 spiro atoms. The van der Waals surface area contributed by atoms with Crippen molar-refractivity contribution in [1.29, 1.82) is 0 Å². The summed E-state index contributed by atoms with van der Waals surface area (Å²) in [6.45, 7) is 0.187. The highest BCUT2D eigenvalue weighted by atomic mass is 35.5. The first kappa shape index (κ1) is 29.6. The number of amides is 4. The molecule has 11 heteroatoms. The quantitative estimate of drug-likeness (QED) is 0.160. The number of urea groups is 1. The molecule has 0 saturated carbocycles. The lowest BCUT2D eigenvalue weighted by molar-refractivity contribution is -0.122. The Hall–Kier alpha value is -4.86. The summed E-state index contributed by atoms with van der Waals surface area (Å²) >= 11 is 12.4. The minimum Gasteiger partial charge on any atom is -0.493 e. The maximum absolute atomic E-state index is 14.0. The van der Waals surface area contributed by atoms with Gasteiger partial charge in [0.25, 0.3) is 11.8 Å². The number of barbiturate groups is 1. The molecule has 43 heavy (non-hydrogen) atoms. The van der Waals surface area contributed by atoms with E-state index in [0.29, 0.717) is 28.5 Å². The number of methoxy groups -OCH3 is 1. The maximum atomic E-state index is 14.0. The molecule has 4 aromatic carbocycles. The fourth-order valence-corrected chi connectivity index (χ4v) is 4.63. The average molecular weight is 621 g/mol. The zero-order chi connectivity index (χ0) is 30.5. The van der Waals surface area contributed by atoms with E-state index in [-0.39, 0.29) is 34.4 Å². The Kier molecular flexibility index (Phi) is 8.94. The molecule has 0 aromatic heterocycles. The fraction of sp³-hybridized carbons (Fsp3) is 0.0938. The number of carbonyl (C=O) groups is 3. The number of hydrogen-bond donors (Lipinski definition) is 1. The SMILES string of the molecule is COc1cc(/C=C2\C(=O)NC(=O)N(c3ccc(OCc4ccc(Cl)cc4)cc3)C2=O)cc(Cl)c1OCc1ccccc1F. The van der Waals surface area contributed by atoms with Crippen LogP contribution in [0.2, 0.25) is 10.0 Å². The van der Waals surface area contributed by atoms with E-state index in [1.165, 1.54) is 43.5 Å². The van der Waals surface area contributed by atoms with Gasteiger partial charge in [0.1, 0.15) is 30.4 Å². The van der Waals surface area contributed by atoms with Gasteiger partial charge in [0.05, 0.1) is 17.8 Å². The molecule has 1 saturated heterocycles. The van der Waals surface area contributed by atoms with Gasteiger partial charge in [-0.2, -0.15) is 0 Å². The molecule has 218 valence electrons. The number of hydrogen-bond acceptors (Lipinski definition) is 6. The first-order chi connectivity index (χ1) is 20.7. The van der Waals surface area contributed by atoms with Crippen LogP contribution in [0.3, 0.4) is 0 Å². The third-order valence-electron chi connectivity index (χ3n) is 6.41. The van der Waals surface area contributed by atoms with E-state index in [2.05, 4.69) is 5.32 Å². The zero-order valence-corrected chi connectivity index (χ0v) is 24.1. The van der Waals surface area contributed by atoms with E-state index in [4.69, 9.17) is 37.4 Å². The van der Waals surface area contributed by atoms with Crippen molar-refractivity contribution in [3.63, 3.8) is 0 Å². The van der Waals surface area contributed by atoms with Crippen molar-refractivity contribution in [2.75, 3.05) is 12.0 Å². The minimum atomic E-state index is -0.894. The Bertz CT molecular complexity index is 1730. The Morgan fingerprint density at radius 1 is 0.884 bits per heavy atom. The highest BCUT2D eigenvalue weighted by Gasteiger charge is 2.37. The number of carbonyl (C=O) groups excluding carboxylic acids is 3. The molecular formula is C32H23Cl2FN2O6. The van der Waals surface area contributed by atoms with Gasteiger partial charge in [0, 0.05) is 10.6 Å². The van der Waals surface area contributed by atoms with Crippen LogP contribution >= 0.6 is 23.2 Å². The second kappa shape index (κ2) is 13.0. The highest BCUT2D eigenvalue weighted by molar-refractivity contribution is 6.39. The van der Waals surface area contributed by atoms with Crippen LogP contribution in [0.1, 0.15) is 16.7 Å². The van der Waals surface area contributed by atoms with Crippen LogP contribution in [0.25, 0.3) is 6.08 Å². The van der Waals surface area contributed by atoms with Gasteiger partial charge in [0.15, 0.2) is 11.5 Å². The second-order valence-electron chi connectivity index (χ2n) is 9.28. The molecule has 8 nitrogen and oxygen atoms in total. The molecule has 0 bridgehead atoms. The van der Waals surface area contributed by atoms with Gasteiger partial charge in [0.2, 0.25) is 0 Å². The Labute approximate surface area is 256 Å². The van der Waals surface area contributed by atoms with Crippen LogP contribution in [0.4, 0.5) is 14.9 Å². The van der Waals surface area contributed by atoms with Crippen molar-refractivity contribution in [2.24, 2.45) is 0 Å². The zero-order valence-electron chi connectivity index (χ0n) is 22.6. The van der Waals surface area contributed by atoms with Gasteiger partial charge in [-0.1, -0.05) is 53.5 Å². The molecule has 4 aromatic rings. The smallest absolute Gasteiger partial charge is 0.335 e. The number of nitrogens with one attached hydrogen (secondary N) is 1. The number of ether oxygens (including phenoxy) is 3. The lowest BCUT2D eigenvalue weighted by Gasteiger charge is -2.26. The molecule has 0 radical (unpaired) electrons. The van der Waals surface area contributed by atoms with Gasteiger partial charge in [-0.25, -0.2) is 14.1 Å². The molecule has 1 aliphatic heterocycles. The lowest BCUT2D eigenvalue weighted by atomic mass is 10.1. The van der Waals surface area contributed by atoms with Gasteiger partial charge >= 0.3 is 6.03 Å². The maximum Gasteiger partial charge on any atom is 0.335 e. The van der Waals surface area contributed by atoms with Gasteiger partial charge in [-0.3, -0.25) is 14.9 Å². The average Bonchev–Trinajstić information content (AvgIpc) is 2.99. The Balaban J connectivity index is 1.34. The van der Waals surface area contributed by atoms with Crippen molar-refractivity contribution in [3.8, 4) is 17.2 Å². The number of rotatable bonds is 9. The predicted octanol–water partition coefficient (Wildman–Crippen LogP) is 6.97. The van der Waals surface area contributed by atoms with Gasteiger partial charge in [-0.05, 0) is 71.8 Å². The standard InChI is InChI=1S/C32H23Cl2FN2O6/c1-41-28-16-20(15-26(34)29(28)43-18-21-4-2-3-5-27(21)35)14-25-30(38)36-32(40)37(31(25)39)23-10-12-24(13-11-23)42-17-19-6-8-22(33)9-7-19/h2-16H,17-18H2,1H3,(H,36,38,40)/b25-14+. The molecule has 1 aliphatic rings. The summed E-state index contributed by atoms with van der Waals surface area (Å²) in [5.41, 5.74) is 1.49. The van der Waals surface area contributed by atoms with Crippen LogP contribution in [0.15, 0.2) is 90.5 Å². The predicted molar refractivity (Wildman–Crippen MR) is 160 cm³/mol. The van der Waals surface area contributed by atoms with Crippen LogP contribution in [-0.4, -0.2) is 25.0 Å². The number of imide groups is 2. The van der Waals surface area contributed by atoms with E-state index in [1.807, 2.05) is 12.1 Å². The summed E-state index contributed by atoms with van der Waals surface area (Å²) in [6, 6.07) is 21.7. The van der Waals surface area contributed by atoms with Crippen LogP contribution in [-0.2, 0) is 22.8 Å². The summed E-state index contributed by atoms with van der Waals surface area (Å²) in [4.78, 5) is 39.6. The van der Waals surface area contributed by atoms with E-state index in [9.17, 15) is 18.8 Å². The van der Waals surface area contributed by atoms with Crippen LogP contribution < -0.4 is 24.4 Å². The lowest BCUT2D eigenvalue weighted by Crippen LogP contribution is -2.54. The van der Waals surface area contributed by atoms with Crippen LogP contribution in [0, 0.1) is 5.82 Å². The molecular weight excluding hydrogens is 598 g/mol. The number of halogens is 3. The van der Waals surface area contributed by atoms with Crippen molar-refractivity contribution in [3.05, 3.63) is 123 Å². The molecule has 4 amide bonds. The van der Waals surface area contributed by atoms with Crippen molar-refractivity contribution >= 4 is 52.8 Å². The van der Waals surface area contributed by atoms with Crippen molar-refractivity contribution < 1.29 is 33.0 Å². The van der Waals surface area contributed by atoms with E-state index < -0.39 is 23.7 Å². The monoisotopic (exact) mass is 620 g/mol. The highest BCUT2D eigenvalue weighted by Crippen LogP contribution is 2.38.